The van der Waals surface area contributed by atoms with Gasteiger partial charge in [0.15, 0.2) is 0 Å². The Labute approximate surface area is 99.6 Å². The number of nitrogens with zero attached hydrogens (tertiary/aromatic N) is 1. The lowest BCUT2D eigenvalue weighted by atomic mass is 10.1. The number of aromatic nitrogens is 1. The first-order valence-electron chi connectivity index (χ1n) is 5.73. The zero-order valence-corrected chi connectivity index (χ0v) is 9.48. The van der Waals surface area contributed by atoms with E-state index in [0.717, 1.165) is 12.8 Å². The van der Waals surface area contributed by atoms with E-state index in [1.165, 1.54) is 6.20 Å². The first-order chi connectivity index (χ1) is 8.25. The van der Waals surface area contributed by atoms with Crippen molar-refractivity contribution in [2.24, 2.45) is 0 Å². The van der Waals surface area contributed by atoms with Gasteiger partial charge < -0.3 is 10.6 Å². The molecule has 5 nitrogen and oxygen atoms in total. The highest BCUT2D eigenvalue weighted by Crippen LogP contribution is 2.07. The van der Waals surface area contributed by atoms with Gasteiger partial charge >= 0.3 is 0 Å². The highest BCUT2D eigenvalue weighted by Gasteiger charge is 2.19. The van der Waals surface area contributed by atoms with Gasteiger partial charge in [0, 0.05) is 31.4 Å². The van der Waals surface area contributed by atoms with E-state index in [2.05, 4.69) is 15.6 Å². The average molecular weight is 233 g/mol. The second-order valence-electron chi connectivity index (χ2n) is 4.11. The molecule has 1 saturated heterocycles. The van der Waals surface area contributed by atoms with Crippen molar-refractivity contribution in [1.82, 2.24) is 15.6 Å². The monoisotopic (exact) mass is 233 g/mol. The lowest BCUT2D eigenvalue weighted by molar-refractivity contribution is -0.121. The van der Waals surface area contributed by atoms with Crippen molar-refractivity contribution in [3.05, 3.63) is 30.1 Å². The smallest absolute Gasteiger partial charge is 0.253 e. The number of carbonyl (C=O) groups excluding carboxylic acids is 2. The summed E-state index contributed by atoms with van der Waals surface area (Å²) in [5.74, 6) is -0.170. The molecule has 2 amide bonds. The van der Waals surface area contributed by atoms with E-state index < -0.39 is 0 Å². The maximum Gasteiger partial charge on any atom is 0.253 e. The molecule has 0 saturated carbocycles. The van der Waals surface area contributed by atoms with Crippen LogP contribution in [0.1, 0.15) is 29.6 Å². The Kier molecular flexibility index (Phi) is 3.69. The predicted molar refractivity (Wildman–Crippen MR) is 62.4 cm³/mol. The molecule has 1 atom stereocenters. The third kappa shape index (κ3) is 3.27. The molecule has 17 heavy (non-hydrogen) atoms. The van der Waals surface area contributed by atoms with Crippen LogP contribution in [0.2, 0.25) is 0 Å². The molecule has 0 aromatic carbocycles. The number of hydrogen-bond acceptors (Lipinski definition) is 3. The third-order valence-electron chi connectivity index (χ3n) is 2.74. The zero-order chi connectivity index (χ0) is 12.1. The topological polar surface area (TPSA) is 71.1 Å². The molecule has 90 valence electrons. The Morgan fingerprint density at radius 2 is 2.41 bits per heavy atom. The van der Waals surface area contributed by atoms with E-state index in [1.54, 1.807) is 18.3 Å². The van der Waals surface area contributed by atoms with E-state index in [1.807, 2.05) is 0 Å². The summed E-state index contributed by atoms with van der Waals surface area (Å²) in [4.78, 5) is 27.1. The Hall–Kier alpha value is -1.91. The van der Waals surface area contributed by atoms with Crippen molar-refractivity contribution >= 4 is 11.8 Å². The molecular weight excluding hydrogens is 218 g/mol. The van der Waals surface area contributed by atoms with Crippen LogP contribution in [-0.4, -0.2) is 29.4 Å². The molecule has 1 fully saturated rings. The number of amides is 2. The second-order valence-corrected chi connectivity index (χ2v) is 4.11. The van der Waals surface area contributed by atoms with Crippen LogP contribution >= 0.6 is 0 Å². The maximum absolute atomic E-state index is 11.8. The van der Waals surface area contributed by atoms with E-state index in [0.29, 0.717) is 18.5 Å². The van der Waals surface area contributed by atoms with Gasteiger partial charge in [0.1, 0.15) is 0 Å². The van der Waals surface area contributed by atoms with Crippen LogP contribution in [0.3, 0.4) is 0 Å². The molecule has 2 N–H and O–H groups in total. The Balaban J connectivity index is 1.96. The van der Waals surface area contributed by atoms with Gasteiger partial charge in [-0.05, 0) is 25.0 Å². The van der Waals surface area contributed by atoms with E-state index in [-0.39, 0.29) is 17.9 Å². The summed E-state index contributed by atoms with van der Waals surface area (Å²) in [6.45, 7) is 0.693. The quantitative estimate of drug-likeness (QED) is 0.780. The number of hydrogen-bond donors (Lipinski definition) is 2. The zero-order valence-electron chi connectivity index (χ0n) is 9.48. The molecule has 0 unspecified atom stereocenters. The predicted octanol–water partition coefficient (Wildman–Crippen LogP) is 0.480. The van der Waals surface area contributed by atoms with Crippen LogP contribution in [0, 0.1) is 0 Å². The van der Waals surface area contributed by atoms with Crippen molar-refractivity contribution in [3.8, 4) is 0 Å². The summed E-state index contributed by atoms with van der Waals surface area (Å²) in [5, 5.41) is 5.65. The number of rotatable bonds is 2. The van der Waals surface area contributed by atoms with Gasteiger partial charge in [0.05, 0.1) is 5.56 Å². The summed E-state index contributed by atoms with van der Waals surface area (Å²) in [6.07, 6.45) is 5.21. The average Bonchev–Trinajstić information content (AvgIpc) is 2.55. The number of carbonyl (C=O) groups is 2. The van der Waals surface area contributed by atoms with Gasteiger partial charge in [-0.25, -0.2) is 0 Å². The highest BCUT2D eigenvalue weighted by atomic mass is 16.2. The van der Waals surface area contributed by atoms with Gasteiger partial charge in [0.25, 0.3) is 5.91 Å². The van der Waals surface area contributed by atoms with Crippen LogP contribution < -0.4 is 10.6 Å². The molecule has 0 radical (unpaired) electrons. The minimum Gasteiger partial charge on any atom is -0.356 e. The van der Waals surface area contributed by atoms with Gasteiger partial charge in [-0.15, -0.1) is 0 Å². The standard InChI is InChI=1S/C12H15N3O2/c16-11-7-10(4-2-6-14-11)15-12(17)9-3-1-5-13-8-9/h1,3,5,8,10H,2,4,6-7H2,(H,14,16)(H,15,17)/t10-/m0/s1. The number of pyridine rings is 1. The van der Waals surface area contributed by atoms with Crippen molar-refractivity contribution in [3.63, 3.8) is 0 Å². The van der Waals surface area contributed by atoms with Crippen LogP contribution in [-0.2, 0) is 4.79 Å². The molecule has 0 bridgehead atoms. The Bertz CT molecular complexity index is 405. The van der Waals surface area contributed by atoms with E-state index >= 15 is 0 Å². The van der Waals surface area contributed by atoms with Crippen LogP contribution in [0.4, 0.5) is 0 Å². The minimum absolute atomic E-state index is 0.000938. The number of nitrogens with one attached hydrogen (secondary N) is 2. The largest absolute Gasteiger partial charge is 0.356 e. The minimum atomic E-state index is -0.169. The van der Waals surface area contributed by atoms with Gasteiger partial charge in [-0.2, -0.15) is 0 Å². The summed E-state index contributed by atoms with van der Waals surface area (Å²) < 4.78 is 0. The fourth-order valence-electron chi connectivity index (χ4n) is 1.86. The SMILES string of the molecule is O=C1C[C@@H](NC(=O)c2cccnc2)CCCN1. The normalized spacial score (nSPS) is 20.2. The molecule has 0 aliphatic carbocycles. The molecule has 1 aliphatic rings. The molecule has 1 aliphatic heterocycles. The van der Waals surface area contributed by atoms with Gasteiger partial charge in [0.2, 0.25) is 5.91 Å². The molecular formula is C12H15N3O2. The van der Waals surface area contributed by atoms with Crippen molar-refractivity contribution < 1.29 is 9.59 Å². The second kappa shape index (κ2) is 5.43. The van der Waals surface area contributed by atoms with Crippen molar-refractivity contribution in [2.75, 3.05) is 6.54 Å². The van der Waals surface area contributed by atoms with Crippen LogP contribution in [0.15, 0.2) is 24.5 Å². The molecule has 1 aromatic heterocycles. The summed E-state index contributed by atoms with van der Waals surface area (Å²) in [7, 11) is 0. The fraction of sp³-hybridized carbons (Fsp3) is 0.417. The lowest BCUT2D eigenvalue weighted by Gasteiger charge is -2.14. The maximum atomic E-state index is 11.8. The van der Waals surface area contributed by atoms with E-state index in [4.69, 9.17) is 0 Å². The first kappa shape index (κ1) is 11.6. The summed E-state index contributed by atoms with van der Waals surface area (Å²) in [6, 6.07) is 3.35. The van der Waals surface area contributed by atoms with Crippen molar-refractivity contribution in [2.45, 2.75) is 25.3 Å². The van der Waals surface area contributed by atoms with Crippen LogP contribution in [0.25, 0.3) is 0 Å². The van der Waals surface area contributed by atoms with E-state index in [9.17, 15) is 9.59 Å². The third-order valence-corrected chi connectivity index (χ3v) is 2.74. The summed E-state index contributed by atoms with van der Waals surface area (Å²) >= 11 is 0. The molecule has 1 aromatic rings. The van der Waals surface area contributed by atoms with Crippen LogP contribution in [0.5, 0.6) is 0 Å². The Morgan fingerprint density at radius 3 is 3.18 bits per heavy atom. The molecule has 2 rings (SSSR count). The molecule has 2 heterocycles. The van der Waals surface area contributed by atoms with Gasteiger partial charge in [-0.3, -0.25) is 14.6 Å². The lowest BCUT2D eigenvalue weighted by Crippen LogP contribution is -2.36. The first-order valence-corrected chi connectivity index (χ1v) is 5.73. The molecule has 0 spiro atoms. The summed E-state index contributed by atoms with van der Waals surface area (Å²) in [5.41, 5.74) is 0.525. The fourth-order valence-corrected chi connectivity index (χ4v) is 1.86. The molecule has 5 heteroatoms. The van der Waals surface area contributed by atoms with Gasteiger partial charge in [-0.1, -0.05) is 0 Å². The highest BCUT2D eigenvalue weighted by molar-refractivity contribution is 5.94. The van der Waals surface area contributed by atoms with Crippen molar-refractivity contribution in [1.29, 1.82) is 0 Å². The Morgan fingerprint density at radius 1 is 1.53 bits per heavy atom.